The molecule has 1 heterocycles. The van der Waals surface area contributed by atoms with Gasteiger partial charge >= 0.3 is 5.97 Å². The zero-order valence-electron chi connectivity index (χ0n) is 11.3. The number of carboxylic acid groups (broad SMARTS) is 1. The third-order valence-electron chi connectivity index (χ3n) is 3.80. The van der Waals surface area contributed by atoms with E-state index in [1.165, 1.54) is 6.42 Å². The van der Waals surface area contributed by atoms with Gasteiger partial charge in [-0.3, -0.25) is 4.79 Å². The number of rotatable bonds is 6. The summed E-state index contributed by atoms with van der Waals surface area (Å²) in [6, 6.07) is -0.421. The molecule has 0 aromatic rings. The second kappa shape index (κ2) is 6.97. The zero-order chi connectivity index (χ0) is 12.8. The zero-order valence-corrected chi connectivity index (χ0v) is 11.3. The molecule has 100 valence electrons. The van der Waals surface area contributed by atoms with Gasteiger partial charge in [0, 0.05) is 13.1 Å². The summed E-state index contributed by atoms with van der Waals surface area (Å²) < 4.78 is 0. The van der Waals surface area contributed by atoms with Crippen molar-refractivity contribution < 1.29 is 9.90 Å². The molecular formula is C13H26N2O2. The molecule has 0 aliphatic carbocycles. The summed E-state index contributed by atoms with van der Waals surface area (Å²) in [4.78, 5) is 13.4. The monoisotopic (exact) mass is 242 g/mol. The Morgan fingerprint density at radius 2 is 2.18 bits per heavy atom. The minimum Gasteiger partial charge on any atom is -0.480 e. The van der Waals surface area contributed by atoms with Crippen molar-refractivity contribution in [2.75, 3.05) is 26.2 Å². The van der Waals surface area contributed by atoms with Gasteiger partial charge in [-0.1, -0.05) is 20.8 Å². The molecule has 0 saturated carbocycles. The highest BCUT2D eigenvalue weighted by Crippen LogP contribution is 2.22. The van der Waals surface area contributed by atoms with Crippen molar-refractivity contribution >= 4 is 5.97 Å². The van der Waals surface area contributed by atoms with Crippen molar-refractivity contribution in [1.29, 1.82) is 0 Å². The van der Waals surface area contributed by atoms with Gasteiger partial charge in [0.15, 0.2) is 0 Å². The molecule has 0 amide bonds. The van der Waals surface area contributed by atoms with Crippen LogP contribution in [-0.2, 0) is 4.79 Å². The van der Waals surface area contributed by atoms with E-state index < -0.39 is 12.0 Å². The van der Waals surface area contributed by atoms with Crippen molar-refractivity contribution in [1.82, 2.24) is 10.2 Å². The van der Waals surface area contributed by atoms with Crippen LogP contribution in [0.3, 0.4) is 0 Å². The Morgan fingerprint density at radius 1 is 1.47 bits per heavy atom. The molecule has 0 spiro atoms. The first-order valence-electron chi connectivity index (χ1n) is 6.73. The summed E-state index contributed by atoms with van der Waals surface area (Å²) in [7, 11) is 0. The number of hydrogen-bond donors (Lipinski definition) is 2. The molecule has 4 heteroatoms. The number of aliphatic carboxylic acids is 1. The first-order valence-corrected chi connectivity index (χ1v) is 6.73. The normalized spacial score (nSPS) is 27.9. The SMILES string of the molecule is CCCNC(CN1CCC(C)C(C)C1)C(=O)O. The highest BCUT2D eigenvalue weighted by atomic mass is 16.4. The van der Waals surface area contributed by atoms with Crippen LogP contribution in [0.15, 0.2) is 0 Å². The molecule has 1 fully saturated rings. The van der Waals surface area contributed by atoms with Gasteiger partial charge in [-0.25, -0.2) is 0 Å². The van der Waals surface area contributed by atoms with Crippen molar-refractivity contribution in [2.45, 2.75) is 39.7 Å². The number of likely N-dealkylation sites (tertiary alicyclic amines) is 1. The summed E-state index contributed by atoms with van der Waals surface area (Å²) in [5, 5.41) is 12.3. The van der Waals surface area contributed by atoms with E-state index in [0.29, 0.717) is 12.5 Å². The lowest BCUT2D eigenvalue weighted by molar-refractivity contribution is -0.140. The van der Waals surface area contributed by atoms with E-state index in [4.69, 9.17) is 5.11 Å². The molecule has 0 radical (unpaired) electrons. The molecule has 2 N–H and O–H groups in total. The molecule has 1 rings (SSSR count). The molecule has 1 saturated heterocycles. The number of piperidine rings is 1. The van der Waals surface area contributed by atoms with Gasteiger partial charge in [-0.05, 0) is 37.8 Å². The average molecular weight is 242 g/mol. The van der Waals surface area contributed by atoms with Gasteiger partial charge in [0.05, 0.1) is 0 Å². The van der Waals surface area contributed by atoms with E-state index in [1.807, 2.05) is 0 Å². The Labute approximate surface area is 104 Å². The maximum absolute atomic E-state index is 11.1. The van der Waals surface area contributed by atoms with E-state index in [-0.39, 0.29) is 0 Å². The predicted octanol–water partition coefficient (Wildman–Crippen LogP) is 1.42. The third-order valence-corrected chi connectivity index (χ3v) is 3.80. The smallest absolute Gasteiger partial charge is 0.322 e. The fraction of sp³-hybridized carbons (Fsp3) is 0.923. The van der Waals surface area contributed by atoms with Gasteiger partial charge in [-0.15, -0.1) is 0 Å². The van der Waals surface area contributed by atoms with Gasteiger partial charge in [0.25, 0.3) is 0 Å². The fourth-order valence-corrected chi connectivity index (χ4v) is 2.32. The Bertz CT molecular complexity index is 246. The van der Waals surface area contributed by atoms with Crippen LogP contribution in [0.4, 0.5) is 0 Å². The van der Waals surface area contributed by atoms with Crippen LogP contribution in [-0.4, -0.2) is 48.2 Å². The molecule has 3 unspecified atom stereocenters. The third kappa shape index (κ3) is 4.64. The highest BCUT2D eigenvalue weighted by molar-refractivity contribution is 5.73. The fourth-order valence-electron chi connectivity index (χ4n) is 2.32. The second-order valence-electron chi connectivity index (χ2n) is 5.35. The summed E-state index contributed by atoms with van der Waals surface area (Å²) in [5.41, 5.74) is 0. The van der Waals surface area contributed by atoms with Crippen LogP contribution in [0, 0.1) is 11.8 Å². The van der Waals surface area contributed by atoms with Crippen molar-refractivity contribution in [3.63, 3.8) is 0 Å². The maximum atomic E-state index is 11.1. The second-order valence-corrected chi connectivity index (χ2v) is 5.35. The summed E-state index contributed by atoms with van der Waals surface area (Å²) >= 11 is 0. The lowest BCUT2D eigenvalue weighted by Crippen LogP contribution is -2.49. The molecular weight excluding hydrogens is 216 g/mol. The van der Waals surface area contributed by atoms with Crippen molar-refractivity contribution in [3.05, 3.63) is 0 Å². The quantitative estimate of drug-likeness (QED) is 0.739. The standard InChI is InChI=1S/C13H26N2O2/c1-4-6-14-12(13(16)17)9-15-7-5-10(2)11(3)8-15/h10-12,14H,4-9H2,1-3H3,(H,16,17). The van der Waals surface area contributed by atoms with Gasteiger partial charge in [0.2, 0.25) is 0 Å². The molecule has 17 heavy (non-hydrogen) atoms. The van der Waals surface area contributed by atoms with E-state index in [0.717, 1.165) is 32.0 Å². The van der Waals surface area contributed by atoms with E-state index in [9.17, 15) is 4.79 Å². The molecule has 0 aromatic carbocycles. The van der Waals surface area contributed by atoms with Gasteiger partial charge < -0.3 is 15.3 Å². The number of hydrogen-bond acceptors (Lipinski definition) is 3. The Kier molecular flexibility index (Phi) is 5.92. The number of carbonyl (C=O) groups is 1. The highest BCUT2D eigenvalue weighted by Gasteiger charge is 2.26. The Balaban J connectivity index is 2.41. The van der Waals surface area contributed by atoms with Crippen molar-refractivity contribution in [3.8, 4) is 0 Å². The lowest BCUT2D eigenvalue weighted by atomic mass is 9.88. The summed E-state index contributed by atoms with van der Waals surface area (Å²) in [5.74, 6) is 0.701. The van der Waals surface area contributed by atoms with Gasteiger partial charge in [-0.2, -0.15) is 0 Å². The molecule has 3 atom stereocenters. The summed E-state index contributed by atoms with van der Waals surface area (Å²) in [6.45, 7) is 10.1. The first kappa shape index (κ1) is 14.5. The van der Waals surface area contributed by atoms with Crippen LogP contribution < -0.4 is 5.32 Å². The Morgan fingerprint density at radius 3 is 2.71 bits per heavy atom. The van der Waals surface area contributed by atoms with E-state index >= 15 is 0 Å². The minimum atomic E-state index is -0.732. The molecule has 0 aromatic heterocycles. The molecule has 1 aliphatic heterocycles. The van der Waals surface area contributed by atoms with E-state index in [2.05, 4.69) is 31.0 Å². The number of nitrogens with one attached hydrogen (secondary N) is 1. The minimum absolute atomic E-state index is 0.421. The number of carboxylic acids is 1. The first-order chi connectivity index (χ1) is 8.04. The van der Waals surface area contributed by atoms with Crippen LogP contribution in [0.25, 0.3) is 0 Å². The van der Waals surface area contributed by atoms with Crippen molar-refractivity contribution in [2.24, 2.45) is 11.8 Å². The molecule has 1 aliphatic rings. The maximum Gasteiger partial charge on any atom is 0.322 e. The molecule has 0 bridgehead atoms. The largest absolute Gasteiger partial charge is 0.480 e. The van der Waals surface area contributed by atoms with Crippen LogP contribution in [0.5, 0.6) is 0 Å². The topological polar surface area (TPSA) is 52.6 Å². The Hall–Kier alpha value is -0.610. The lowest BCUT2D eigenvalue weighted by Gasteiger charge is -2.36. The van der Waals surface area contributed by atoms with Crippen LogP contribution in [0.1, 0.15) is 33.6 Å². The number of nitrogens with zero attached hydrogens (tertiary/aromatic N) is 1. The van der Waals surface area contributed by atoms with Crippen LogP contribution >= 0.6 is 0 Å². The summed E-state index contributed by atoms with van der Waals surface area (Å²) in [6.07, 6.45) is 2.15. The van der Waals surface area contributed by atoms with Crippen LogP contribution in [0.2, 0.25) is 0 Å². The molecule has 4 nitrogen and oxygen atoms in total. The van der Waals surface area contributed by atoms with E-state index in [1.54, 1.807) is 0 Å². The van der Waals surface area contributed by atoms with Gasteiger partial charge in [0.1, 0.15) is 6.04 Å². The predicted molar refractivity (Wildman–Crippen MR) is 69.1 cm³/mol. The average Bonchev–Trinajstić information content (AvgIpc) is 2.28.